The van der Waals surface area contributed by atoms with Gasteiger partial charge in [-0.3, -0.25) is 0 Å². The number of nitrogen functional groups attached to an aromatic ring is 1. The molecule has 2 nitrogen and oxygen atoms in total. The Hall–Kier alpha value is -1.45. The van der Waals surface area contributed by atoms with E-state index in [4.69, 9.17) is 5.73 Å². The van der Waals surface area contributed by atoms with Crippen molar-refractivity contribution >= 4 is 11.9 Å². The third-order valence-corrected chi connectivity index (χ3v) is 1.09. The van der Waals surface area contributed by atoms with E-state index in [2.05, 4.69) is 4.98 Å². The van der Waals surface area contributed by atoms with Crippen molar-refractivity contribution in [2.24, 2.45) is 0 Å². The van der Waals surface area contributed by atoms with Gasteiger partial charge in [0.05, 0.1) is 0 Å². The van der Waals surface area contributed by atoms with Crippen LogP contribution in [0.25, 0.3) is 6.08 Å². The Morgan fingerprint density at radius 2 is 2.18 bits per heavy atom. The number of nitrogens with two attached hydrogens (primary N) is 1. The van der Waals surface area contributed by atoms with Crippen LogP contribution in [0.1, 0.15) is 5.56 Å². The summed E-state index contributed by atoms with van der Waals surface area (Å²) in [7, 11) is 0. The summed E-state index contributed by atoms with van der Waals surface area (Å²) in [4.78, 5) is 3.63. The van der Waals surface area contributed by atoms with Crippen LogP contribution < -0.4 is 5.73 Å². The van der Waals surface area contributed by atoms with Crippen LogP contribution in [0.5, 0.6) is 0 Å². The Morgan fingerprint density at radius 1 is 1.45 bits per heavy atom. The molecule has 0 aliphatic rings. The SMILES string of the molecule is Nc1ccc(C=C(F)F)cn1. The fourth-order valence-electron chi connectivity index (χ4n) is 0.628. The highest BCUT2D eigenvalue weighted by molar-refractivity contribution is 5.50. The highest BCUT2D eigenvalue weighted by atomic mass is 19.3. The second-order valence-corrected chi connectivity index (χ2v) is 1.95. The summed E-state index contributed by atoms with van der Waals surface area (Å²) in [5, 5.41) is 0. The number of anilines is 1. The molecule has 0 aliphatic heterocycles. The lowest BCUT2D eigenvalue weighted by Gasteiger charge is -1.91. The van der Waals surface area contributed by atoms with Gasteiger partial charge in [-0.25, -0.2) is 4.98 Å². The molecule has 0 saturated carbocycles. The van der Waals surface area contributed by atoms with Crippen LogP contribution >= 0.6 is 0 Å². The minimum Gasteiger partial charge on any atom is -0.384 e. The van der Waals surface area contributed by atoms with E-state index < -0.39 is 6.08 Å². The van der Waals surface area contributed by atoms with Gasteiger partial charge in [0.2, 0.25) is 0 Å². The molecular weight excluding hydrogens is 150 g/mol. The zero-order chi connectivity index (χ0) is 8.27. The van der Waals surface area contributed by atoms with Crippen LogP contribution in [0.2, 0.25) is 0 Å². The molecule has 0 saturated heterocycles. The Balaban J connectivity index is 2.91. The lowest BCUT2D eigenvalue weighted by molar-refractivity contribution is 0.429. The van der Waals surface area contributed by atoms with E-state index in [9.17, 15) is 8.78 Å². The van der Waals surface area contributed by atoms with E-state index in [1.165, 1.54) is 18.3 Å². The van der Waals surface area contributed by atoms with Crippen molar-refractivity contribution in [2.45, 2.75) is 0 Å². The molecule has 0 unspecified atom stereocenters. The standard InChI is InChI=1S/C7H6F2N2/c8-6(9)3-5-1-2-7(10)11-4-5/h1-4H,(H2,10,11). The average molecular weight is 156 g/mol. The van der Waals surface area contributed by atoms with Gasteiger partial charge in [-0.2, -0.15) is 8.78 Å². The predicted molar refractivity (Wildman–Crippen MR) is 38.8 cm³/mol. The summed E-state index contributed by atoms with van der Waals surface area (Å²) >= 11 is 0. The van der Waals surface area contributed by atoms with Crippen LogP contribution in [-0.4, -0.2) is 4.98 Å². The number of pyridine rings is 1. The molecular formula is C7H6F2N2. The molecule has 1 aromatic heterocycles. The van der Waals surface area contributed by atoms with Crippen LogP contribution in [0, 0.1) is 0 Å². The number of rotatable bonds is 1. The molecule has 1 aromatic rings. The first-order chi connectivity index (χ1) is 5.18. The van der Waals surface area contributed by atoms with Gasteiger partial charge in [-0.1, -0.05) is 0 Å². The minimum atomic E-state index is -1.74. The van der Waals surface area contributed by atoms with Crippen LogP contribution in [0.15, 0.2) is 24.4 Å². The normalized spacial score (nSPS) is 9.27. The Morgan fingerprint density at radius 3 is 2.64 bits per heavy atom. The molecule has 0 aromatic carbocycles. The topological polar surface area (TPSA) is 38.9 Å². The van der Waals surface area contributed by atoms with E-state index in [-0.39, 0.29) is 0 Å². The smallest absolute Gasteiger partial charge is 0.270 e. The summed E-state index contributed by atoms with van der Waals surface area (Å²) < 4.78 is 23.2. The number of hydrogen-bond donors (Lipinski definition) is 1. The first kappa shape index (κ1) is 7.65. The first-order valence-corrected chi connectivity index (χ1v) is 2.93. The molecule has 0 amide bonds. The molecule has 58 valence electrons. The first-order valence-electron chi connectivity index (χ1n) is 2.93. The molecule has 0 fully saturated rings. The van der Waals surface area contributed by atoms with Crippen molar-refractivity contribution in [1.29, 1.82) is 0 Å². The zero-order valence-corrected chi connectivity index (χ0v) is 5.59. The van der Waals surface area contributed by atoms with Crippen molar-refractivity contribution in [3.05, 3.63) is 30.0 Å². The molecule has 0 spiro atoms. The number of halogens is 2. The lowest BCUT2D eigenvalue weighted by atomic mass is 10.3. The Labute approximate surface area is 62.4 Å². The average Bonchev–Trinajstić information content (AvgIpc) is 1.93. The summed E-state index contributed by atoms with van der Waals surface area (Å²) in [5.74, 6) is 0.321. The van der Waals surface area contributed by atoms with Crippen LogP contribution in [0.3, 0.4) is 0 Å². The zero-order valence-electron chi connectivity index (χ0n) is 5.59. The quantitative estimate of drug-likeness (QED) is 0.674. The fraction of sp³-hybridized carbons (Fsp3) is 0. The largest absolute Gasteiger partial charge is 0.384 e. The van der Waals surface area contributed by atoms with Gasteiger partial charge in [0, 0.05) is 12.3 Å². The van der Waals surface area contributed by atoms with E-state index in [0.717, 1.165) is 6.08 Å². The summed E-state index contributed by atoms with van der Waals surface area (Å²) in [5.41, 5.74) is 5.58. The van der Waals surface area contributed by atoms with E-state index in [0.29, 0.717) is 11.4 Å². The van der Waals surface area contributed by atoms with E-state index in [1.807, 2.05) is 0 Å². The van der Waals surface area contributed by atoms with Crippen molar-refractivity contribution in [3.8, 4) is 0 Å². The third-order valence-electron chi connectivity index (χ3n) is 1.09. The maximum atomic E-state index is 11.6. The van der Waals surface area contributed by atoms with Gasteiger partial charge in [0.1, 0.15) is 5.82 Å². The van der Waals surface area contributed by atoms with Crippen molar-refractivity contribution in [2.75, 3.05) is 5.73 Å². The van der Waals surface area contributed by atoms with Crippen molar-refractivity contribution in [1.82, 2.24) is 4.98 Å². The number of hydrogen-bond acceptors (Lipinski definition) is 2. The van der Waals surface area contributed by atoms with E-state index in [1.54, 1.807) is 0 Å². The molecule has 0 radical (unpaired) electrons. The molecule has 0 aliphatic carbocycles. The van der Waals surface area contributed by atoms with Gasteiger partial charge in [0.15, 0.2) is 0 Å². The maximum absolute atomic E-state index is 11.6. The van der Waals surface area contributed by atoms with Gasteiger partial charge in [-0.05, 0) is 17.7 Å². The molecule has 2 N–H and O–H groups in total. The van der Waals surface area contributed by atoms with Crippen molar-refractivity contribution in [3.63, 3.8) is 0 Å². The highest BCUT2D eigenvalue weighted by Crippen LogP contribution is 2.08. The Bertz CT molecular complexity index is 262. The number of aromatic nitrogens is 1. The second kappa shape index (κ2) is 3.09. The predicted octanol–water partition coefficient (Wildman–Crippen LogP) is 1.90. The molecule has 0 atom stereocenters. The third kappa shape index (κ3) is 2.33. The van der Waals surface area contributed by atoms with Gasteiger partial charge < -0.3 is 5.73 Å². The minimum absolute atomic E-state index is 0.321. The molecule has 4 heteroatoms. The van der Waals surface area contributed by atoms with Crippen LogP contribution in [0.4, 0.5) is 14.6 Å². The summed E-state index contributed by atoms with van der Waals surface area (Å²) in [6, 6.07) is 2.94. The molecule has 1 heterocycles. The number of nitrogens with zero attached hydrogens (tertiary/aromatic N) is 1. The fourth-order valence-corrected chi connectivity index (χ4v) is 0.628. The lowest BCUT2D eigenvalue weighted by Crippen LogP contribution is -1.88. The Kier molecular flexibility index (Phi) is 2.15. The van der Waals surface area contributed by atoms with Gasteiger partial charge in [0.25, 0.3) is 6.08 Å². The summed E-state index contributed by atoms with van der Waals surface area (Å²) in [6.07, 6.45) is 0.276. The van der Waals surface area contributed by atoms with E-state index >= 15 is 0 Å². The van der Waals surface area contributed by atoms with Crippen LogP contribution in [-0.2, 0) is 0 Å². The van der Waals surface area contributed by atoms with Crippen molar-refractivity contribution < 1.29 is 8.78 Å². The highest BCUT2D eigenvalue weighted by Gasteiger charge is 1.91. The van der Waals surface area contributed by atoms with Gasteiger partial charge >= 0.3 is 0 Å². The maximum Gasteiger partial charge on any atom is 0.270 e. The van der Waals surface area contributed by atoms with Gasteiger partial charge in [-0.15, -0.1) is 0 Å². The molecule has 11 heavy (non-hydrogen) atoms. The second-order valence-electron chi connectivity index (χ2n) is 1.95. The molecule has 0 bridgehead atoms. The molecule has 1 rings (SSSR count). The summed E-state index contributed by atoms with van der Waals surface area (Å²) in [6.45, 7) is 0. The monoisotopic (exact) mass is 156 g/mol.